The molecule has 0 radical (unpaired) electrons. The van der Waals surface area contributed by atoms with Crippen LogP contribution in [0.1, 0.15) is 0 Å². The molecule has 0 saturated carbocycles. The fourth-order valence-corrected chi connectivity index (χ4v) is 3.25. The molecule has 4 aromatic rings. The third kappa shape index (κ3) is 2.52. The van der Waals surface area contributed by atoms with Gasteiger partial charge in [-0.15, -0.1) is 0 Å². The quantitative estimate of drug-likeness (QED) is 0.379. The predicted octanol–water partition coefficient (Wildman–Crippen LogP) is 7.09. The summed E-state index contributed by atoms with van der Waals surface area (Å²) < 4.78 is 5.99. The van der Waals surface area contributed by atoms with Gasteiger partial charge in [-0.05, 0) is 22.9 Å². The van der Waals surface area contributed by atoms with Crippen molar-refractivity contribution in [1.29, 1.82) is 0 Å². The van der Waals surface area contributed by atoms with Crippen LogP contribution in [0.2, 0.25) is 10.0 Å². The van der Waals surface area contributed by atoms with E-state index < -0.39 is 0 Å². The molecule has 0 bridgehead atoms. The van der Waals surface area contributed by atoms with E-state index in [1.165, 1.54) is 0 Å². The van der Waals surface area contributed by atoms with Crippen molar-refractivity contribution in [2.45, 2.75) is 0 Å². The fourth-order valence-electron chi connectivity index (χ4n) is 2.70. The summed E-state index contributed by atoms with van der Waals surface area (Å²) >= 11 is 13.0. The van der Waals surface area contributed by atoms with Crippen LogP contribution in [0.25, 0.3) is 21.5 Å². The van der Waals surface area contributed by atoms with Crippen LogP contribution in [0.3, 0.4) is 0 Å². The average molecular weight is 339 g/mol. The number of hydrogen-bond donors (Lipinski definition) is 0. The number of benzene rings is 4. The van der Waals surface area contributed by atoms with E-state index in [9.17, 15) is 0 Å². The molecule has 0 aromatic heterocycles. The summed E-state index contributed by atoms with van der Waals surface area (Å²) in [5.41, 5.74) is 0. The van der Waals surface area contributed by atoms with E-state index in [0.29, 0.717) is 21.5 Å². The van der Waals surface area contributed by atoms with Crippen molar-refractivity contribution in [3.63, 3.8) is 0 Å². The second kappa shape index (κ2) is 5.77. The summed E-state index contributed by atoms with van der Waals surface area (Å²) in [4.78, 5) is 0. The van der Waals surface area contributed by atoms with Gasteiger partial charge in [0.25, 0.3) is 0 Å². The molecule has 1 nitrogen and oxygen atoms in total. The highest BCUT2D eigenvalue weighted by atomic mass is 35.5. The lowest BCUT2D eigenvalue weighted by Crippen LogP contribution is -1.88. The summed E-state index contributed by atoms with van der Waals surface area (Å²) in [6.45, 7) is 0. The van der Waals surface area contributed by atoms with Crippen molar-refractivity contribution in [1.82, 2.24) is 0 Å². The summed E-state index contributed by atoms with van der Waals surface area (Å²) in [7, 11) is 0. The molecule has 3 heteroatoms. The predicted molar refractivity (Wildman–Crippen MR) is 98.0 cm³/mol. The molecule has 0 amide bonds. The van der Waals surface area contributed by atoms with E-state index in [1.54, 1.807) is 0 Å². The standard InChI is InChI=1S/C20H12Cl2O/c21-19-15-7-3-1-5-13(15)9-11-17(19)23-18-12-10-14-6-2-4-8-16(14)20(18)22/h1-12H. The third-order valence-electron chi connectivity index (χ3n) is 3.88. The topological polar surface area (TPSA) is 9.23 Å². The van der Waals surface area contributed by atoms with E-state index in [1.807, 2.05) is 72.8 Å². The molecule has 4 aromatic carbocycles. The number of ether oxygens (including phenoxy) is 1. The lowest BCUT2D eigenvalue weighted by molar-refractivity contribution is 0.484. The largest absolute Gasteiger partial charge is 0.454 e. The molecular weight excluding hydrogens is 327 g/mol. The molecule has 0 aliphatic carbocycles. The summed E-state index contributed by atoms with van der Waals surface area (Å²) in [5, 5.41) is 5.26. The van der Waals surface area contributed by atoms with E-state index >= 15 is 0 Å². The van der Waals surface area contributed by atoms with Crippen molar-refractivity contribution in [2.24, 2.45) is 0 Å². The van der Waals surface area contributed by atoms with Crippen LogP contribution in [0.15, 0.2) is 72.8 Å². The molecule has 0 atom stereocenters. The van der Waals surface area contributed by atoms with Gasteiger partial charge in [0.15, 0.2) is 0 Å². The molecule has 0 spiro atoms. The van der Waals surface area contributed by atoms with Gasteiger partial charge < -0.3 is 4.74 Å². The molecule has 0 N–H and O–H groups in total. The summed E-state index contributed by atoms with van der Waals surface area (Å²) in [6, 6.07) is 23.6. The van der Waals surface area contributed by atoms with Crippen molar-refractivity contribution in [2.75, 3.05) is 0 Å². The highest BCUT2D eigenvalue weighted by Crippen LogP contribution is 2.39. The minimum Gasteiger partial charge on any atom is -0.454 e. The zero-order valence-electron chi connectivity index (χ0n) is 12.1. The second-order valence-electron chi connectivity index (χ2n) is 5.30. The lowest BCUT2D eigenvalue weighted by Gasteiger charge is -2.12. The first-order valence-electron chi connectivity index (χ1n) is 7.26. The van der Waals surface area contributed by atoms with Gasteiger partial charge in [-0.25, -0.2) is 0 Å². The number of halogens is 2. The smallest absolute Gasteiger partial charge is 0.146 e. The Bertz CT molecular complexity index is 941. The van der Waals surface area contributed by atoms with E-state index in [-0.39, 0.29) is 0 Å². The Morgan fingerprint density at radius 2 is 0.957 bits per heavy atom. The molecule has 112 valence electrons. The summed E-state index contributed by atoms with van der Waals surface area (Å²) in [5.74, 6) is 1.20. The Morgan fingerprint density at radius 1 is 0.522 bits per heavy atom. The van der Waals surface area contributed by atoms with Gasteiger partial charge in [-0.3, -0.25) is 0 Å². The number of fused-ring (bicyclic) bond motifs is 2. The Balaban J connectivity index is 1.82. The van der Waals surface area contributed by atoms with Crippen molar-refractivity contribution >= 4 is 44.7 Å². The maximum absolute atomic E-state index is 6.49. The van der Waals surface area contributed by atoms with Crippen molar-refractivity contribution in [3.05, 3.63) is 82.8 Å². The molecule has 0 aliphatic heterocycles. The highest BCUT2D eigenvalue weighted by molar-refractivity contribution is 6.38. The number of hydrogen-bond acceptors (Lipinski definition) is 1. The minimum absolute atomic E-state index is 0.590. The summed E-state index contributed by atoms with van der Waals surface area (Å²) in [6.07, 6.45) is 0. The van der Waals surface area contributed by atoms with E-state index in [2.05, 4.69) is 0 Å². The molecule has 23 heavy (non-hydrogen) atoms. The van der Waals surface area contributed by atoms with Crippen LogP contribution < -0.4 is 4.74 Å². The zero-order valence-corrected chi connectivity index (χ0v) is 13.6. The van der Waals surface area contributed by atoms with Crippen LogP contribution in [-0.2, 0) is 0 Å². The minimum atomic E-state index is 0.590. The van der Waals surface area contributed by atoms with Gasteiger partial charge in [0.2, 0.25) is 0 Å². The van der Waals surface area contributed by atoms with Gasteiger partial charge in [0, 0.05) is 10.8 Å². The van der Waals surface area contributed by atoms with Crippen LogP contribution in [0.5, 0.6) is 11.5 Å². The SMILES string of the molecule is Clc1c(Oc2ccc3ccccc3c2Cl)ccc2ccccc12. The van der Waals surface area contributed by atoms with Crippen LogP contribution in [0.4, 0.5) is 0 Å². The Morgan fingerprint density at radius 3 is 1.43 bits per heavy atom. The molecule has 0 heterocycles. The first kappa shape index (κ1) is 14.4. The monoisotopic (exact) mass is 338 g/mol. The van der Waals surface area contributed by atoms with Gasteiger partial charge >= 0.3 is 0 Å². The fraction of sp³-hybridized carbons (Fsp3) is 0. The Kier molecular flexibility index (Phi) is 3.60. The molecule has 4 rings (SSSR count). The second-order valence-corrected chi connectivity index (χ2v) is 6.06. The van der Waals surface area contributed by atoms with Gasteiger partial charge in [-0.1, -0.05) is 83.9 Å². The van der Waals surface area contributed by atoms with Crippen molar-refractivity contribution in [3.8, 4) is 11.5 Å². The van der Waals surface area contributed by atoms with Crippen LogP contribution in [0, 0.1) is 0 Å². The zero-order chi connectivity index (χ0) is 15.8. The van der Waals surface area contributed by atoms with Gasteiger partial charge in [0.1, 0.15) is 11.5 Å². The van der Waals surface area contributed by atoms with Crippen LogP contribution in [-0.4, -0.2) is 0 Å². The normalized spacial score (nSPS) is 11.0. The van der Waals surface area contributed by atoms with Crippen LogP contribution >= 0.6 is 23.2 Å². The first-order chi connectivity index (χ1) is 11.2. The van der Waals surface area contributed by atoms with E-state index in [0.717, 1.165) is 21.5 Å². The first-order valence-corrected chi connectivity index (χ1v) is 8.02. The van der Waals surface area contributed by atoms with E-state index in [4.69, 9.17) is 27.9 Å². The number of rotatable bonds is 2. The Labute approximate surface area is 144 Å². The molecule has 0 aliphatic rings. The van der Waals surface area contributed by atoms with Crippen molar-refractivity contribution < 1.29 is 4.74 Å². The average Bonchev–Trinajstić information content (AvgIpc) is 2.60. The Hall–Kier alpha value is -2.22. The highest BCUT2D eigenvalue weighted by Gasteiger charge is 2.11. The maximum atomic E-state index is 6.49. The maximum Gasteiger partial charge on any atom is 0.146 e. The lowest BCUT2D eigenvalue weighted by atomic mass is 10.1. The molecule has 0 unspecified atom stereocenters. The molecule has 0 saturated heterocycles. The third-order valence-corrected chi connectivity index (χ3v) is 4.66. The van der Waals surface area contributed by atoms with Gasteiger partial charge in [0.05, 0.1) is 10.0 Å². The molecule has 0 fully saturated rings. The molecular formula is C20H12Cl2O. The van der Waals surface area contributed by atoms with Gasteiger partial charge in [-0.2, -0.15) is 0 Å².